The van der Waals surface area contributed by atoms with E-state index in [0.29, 0.717) is 0 Å². The summed E-state index contributed by atoms with van der Waals surface area (Å²) in [5.74, 6) is 1.89. The summed E-state index contributed by atoms with van der Waals surface area (Å²) in [5, 5.41) is 0.729. The number of halogens is 1. The van der Waals surface area contributed by atoms with Gasteiger partial charge in [0.2, 0.25) is 0 Å². The van der Waals surface area contributed by atoms with Crippen molar-refractivity contribution in [2.45, 2.75) is 13.8 Å². The molecular formula is C8H13ClS. The Morgan fingerprint density at radius 1 is 1.60 bits per heavy atom. The maximum Gasteiger partial charge on any atom is 0.0289 e. The molecule has 0 saturated heterocycles. The van der Waals surface area contributed by atoms with Crippen LogP contribution in [0.2, 0.25) is 0 Å². The predicted molar refractivity (Wildman–Crippen MR) is 51.7 cm³/mol. The Labute approximate surface area is 72.3 Å². The molecule has 0 N–H and O–H groups in total. The SMILES string of the molecule is C=C(Cl)CSCC=C(C)C. The van der Waals surface area contributed by atoms with E-state index in [2.05, 4.69) is 26.5 Å². The molecule has 0 spiro atoms. The molecule has 0 radical (unpaired) electrons. The van der Waals surface area contributed by atoms with E-state index in [1.54, 1.807) is 11.8 Å². The lowest BCUT2D eigenvalue weighted by Gasteiger charge is -1.94. The summed E-state index contributed by atoms with van der Waals surface area (Å²) in [6.45, 7) is 7.78. The number of allylic oxidation sites excluding steroid dienone is 1. The van der Waals surface area contributed by atoms with Crippen molar-refractivity contribution in [3.05, 3.63) is 23.3 Å². The lowest BCUT2D eigenvalue weighted by molar-refractivity contribution is 1.37. The van der Waals surface area contributed by atoms with Gasteiger partial charge in [0.25, 0.3) is 0 Å². The highest BCUT2D eigenvalue weighted by atomic mass is 35.5. The lowest BCUT2D eigenvalue weighted by atomic mass is 10.3. The highest BCUT2D eigenvalue weighted by Crippen LogP contribution is 2.09. The largest absolute Gasteiger partial charge is 0.152 e. The molecule has 0 bridgehead atoms. The highest BCUT2D eigenvalue weighted by Gasteiger charge is 1.86. The molecule has 0 fully saturated rings. The molecule has 0 rings (SSSR count). The van der Waals surface area contributed by atoms with Gasteiger partial charge in [-0.3, -0.25) is 0 Å². The van der Waals surface area contributed by atoms with Crippen molar-refractivity contribution in [2.75, 3.05) is 11.5 Å². The van der Waals surface area contributed by atoms with Crippen LogP contribution < -0.4 is 0 Å². The summed E-state index contributed by atoms with van der Waals surface area (Å²) >= 11 is 7.34. The van der Waals surface area contributed by atoms with Crippen LogP contribution in [0.5, 0.6) is 0 Å². The monoisotopic (exact) mass is 176 g/mol. The number of hydrogen-bond acceptors (Lipinski definition) is 1. The molecule has 0 aromatic rings. The zero-order valence-corrected chi connectivity index (χ0v) is 8.06. The normalized spacial score (nSPS) is 9.10. The van der Waals surface area contributed by atoms with Crippen LogP contribution >= 0.6 is 23.4 Å². The van der Waals surface area contributed by atoms with Crippen molar-refractivity contribution in [3.63, 3.8) is 0 Å². The molecule has 0 aromatic heterocycles. The highest BCUT2D eigenvalue weighted by molar-refractivity contribution is 7.99. The van der Waals surface area contributed by atoms with E-state index in [0.717, 1.165) is 16.5 Å². The molecule has 0 amide bonds. The Bertz CT molecular complexity index is 134. The first kappa shape index (κ1) is 10.1. The molecule has 0 nitrogen and oxygen atoms in total. The second-order valence-corrected chi connectivity index (χ2v) is 3.88. The molecular weight excluding hydrogens is 164 g/mol. The Morgan fingerprint density at radius 3 is 2.60 bits per heavy atom. The van der Waals surface area contributed by atoms with Crippen LogP contribution in [0.25, 0.3) is 0 Å². The molecule has 0 saturated carbocycles. The van der Waals surface area contributed by atoms with Gasteiger partial charge in [0.05, 0.1) is 0 Å². The van der Waals surface area contributed by atoms with Gasteiger partial charge in [-0.1, -0.05) is 29.8 Å². The van der Waals surface area contributed by atoms with E-state index in [1.165, 1.54) is 5.57 Å². The van der Waals surface area contributed by atoms with Crippen molar-refractivity contribution in [1.82, 2.24) is 0 Å². The molecule has 10 heavy (non-hydrogen) atoms. The van der Waals surface area contributed by atoms with Gasteiger partial charge in [0.1, 0.15) is 0 Å². The minimum Gasteiger partial charge on any atom is -0.152 e. The maximum atomic E-state index is 5.56. The van der Waals surface area contributed by atoms with Crippen molar-refractivity contribution >= 4 is 23.4 Å². The van der Waals surface area contributed by atoms with Gasteiger partial charge >= 0.3 is 0 Å². The summed E-state index contributed by atoms with van der Waals surface area (Å²) in [5.41, 5.74) is 1.35. The topological polar surface area (TPSA) is 0 Å². The Kier molecular flexibility index (Phi) is 5.94. The second-order valence-electron chi connectivity index (χ2n) is 2.31. The molecule has 0 unspecified atom stereocenters. The molecule has 0 heterocycles. The minimum absolute atomic E-state index is 0.729. The average molecular weight is 177 g/mol. The fraction of sp³-hybridized carbons (Fsp3) is 0.500. The standard InChI is InChI=1S/C8H13ClS/c1-7(2)4-5-10-6-8(3)9/h4H,3,5-6H2,1-2H3. The van der Waals surface area contributed by atoms with Crippen LogP contribution in [0.1, 0.15) is 13.8 Å². The molecule has 58 valence electrons. The summed E-state index contributed by atoms with van der Waals surface area (Å²) < 4.78 is 0. The fourth-order valence-electron chi connectivity index (χ4n) is 0.395. The first-order valence-corrected chi connectivity index (χ1v) is 4.70. The van der Waals surface area contributed by atoms with Gasteiger partial charge in [-0.15, -0.1) is 0 Å². The van der Waals surface area contributed by atoms with Crippen molar-refractivity contribution in [3.8, 4) is 0 Å². The van der Waals surface area contributed by atoms with E-state index in [4.69, 9.17) is 11.6 Å². The smallest absolute Gasteiger partial charge is 0.0289 e. The molecule has 2 heteroatoms. The first-order chi connectivity index (χ1) is 4.63. The van der Waals surface area contributed by atoms with Crippen LogP contribution in [-0.4, -0.2) is 11.5 Å². The van der Waals surface area contributed by atoms with Gasteiger partial charge in [0, 0.05) is 16.5 Å². The van der Waals surface area contributed by atoms with E-state index in [-0.39, 0.29) is 0 Å². The third-order valence-corrected chi connectivity index (χ3v) is 2.12. The third-order valence-electron chi connectivity index (χ3n) is 0.868. The predicted octanol–water partition coefficient (Wildman–Crippen LogP) is 3.44. The Morgan fingerprint density at radius 2 is 2.20 bits per heavy atom. The first-order valence-electron chi connectivity index (χ1n) is 3.17. The van der Waals surface area contributed by atoms with Gasteiger partial charge in [-0.25, -0.2) is 0 Å². The third kappa shape index (κ3) is 8.12. The van der Waals surface area contributed by atoms with E-state index in [9.17, 15) is 0 Å². The van der Waals surface area contributed by atoms with Gasteiger partial charge in [0.15, 0.2) is 0 Å². The van der Waals surface area contributed by atoms with Crippen molar-refractivity contribution < 1.29 is 0 Å². The van der Waals surface area contributed by atoms with Gasteiger partial charge in [-0.2, -0.15) is 11.8 Å². The van der Waals surface area contributed by atoms with Crippen molar-refractivity contribution in [1.29, 1.82) is 0 Å². The Balaban J connectivity index is 3.21. The quantitative estimate of drug-likeness (QED) is 0.467. The number of thioether (sulfide) groups is 1. The number of rotatable bonds is 4. The maximum absolute atomic E-state index is 5.56. The van der Waals surface area contributed by atoms with E-state index in [1.807, 2.05) is 0 Å². The van der Waals surface area contributed by atoms with Crippen molar-refractivity contribution in [2.24, 2.45) is 0 Å². The molecule has 0 aromatic carbocycles. The minimum atomic E-state index is 0.729. The van der Waals surface area contributed by atoms with Crippen LogP contribution in [-0.2, 0) is 0 Å². The second kappa shape index (κ2) is 5.87. The molecule has 0 aliphatic heterocycles. The van der Waals surface area contributed by atoms with Gasteiger partial charge in [-0.05, 0) is 13.8 Å². The number of hydrogen-bond donors (Lipinski definition) is 0. The summed E-state index contributed by atoms with van der Waals surface area (Å²) in [7, 11) is 0. The lowest BCUT2D eigenvalue weighted by Crippen LogP contribution is -1.78. The summed E-state index contributed by atoms with van der Waals surface area (Å²) in [6, 6.07) is 0. The van der Waals surface area contributed by atoms with E-state index >= 15 is 0 Å². The molecule has 0 atom stereocenters. The zero-order chi connectivity index (χ0) is 7.98. The van der Waals surface area contributed by atoms with Crippen LogP contribution in [0.4, 0.5) is 0 Å². The summed E-state index contributed by atoms with van der Waals surface area (Å²) in [6.07, 6.45) is 2.19. The average Bonchev–Trinajstić information content (AvgIpc) is 1.79. The van der Waals surface area contributed by atoms with Crippen LogP contribution in [0.3, 0.4) is 0 Å². The summed E-state index contributed by atoms with van der Waals surface area (Å²) in [4.78, 5) is 0. The fourth-order valence-corrected chi connectivity index (χ4v) is 1.42. The van der Waals surface area contributed by atoms with E-state index < -0.39 is 0 Å². The molecule has 0 aliphatic carbocycles. The van der Waals surface area contributed by atoms with Gasteiger partial charge < -0.3 is 0 Å². The van der Waals surface area contributed by atoms with Crippen LogP contribution in [0, 0.1) is 0 Å². The molecule has 0 aliphatic rings. The zero-order valence-electron chi connectivity index (χ0n) is 6.48. The van der Waals surface area contributed by atoms with Crippen LogP contribution in [0.15, 0.2) is 23.3 Å². The Hall–Kier alpha value is 0.120.